The molecule has 0 atom stereocenters. The Morgan fingerprint density at radius 3 is 3.04 bits per heavy atom. The molecule has 0 aromatic carbocycles. The van der Waals surface area contributed by atoms with Gasteiger partial charge < -0.3 is 15.4 Å². The van der Waals surface area contributed by atoms with Crippen molar-refractivity contribution in [3.8, 4) is 0 Å². The first kappa shape index (κ1) is 16.3. The van der Waals surface area contributed by atoms with Crippen LogP contribution in [0.3, 0.4) is 0 Å². The summed E-state index contributed by atoms with van der Waals surface area (Å²) in [5.74, 6) is 0.226. The molecule has 124 valence electrons. The number of piperidine rings is 1. The summed E-state index contributed by atoms with van der Waals surface area (Å²) in [6, 6.07) is 0. The Hall–Kier alpha value is -1.58. The van der Waals surface area contributed by atoms with E-state index in [2.05, 4.69) is 41.6 Å². The minimum atomic E-state index is -0.291. The number of carbonyl (C=O) groups is 1. The lowest BCUT2D eigenvalue weighted by Crippen LogP contribution is -2.47. The highest BCUT2D eigenvalue weighted by Gasteiger charge is 2.33. The summed E-state index contributed by atoms with van der Waals surface area (Å²) >= 11 is 3.31. The van der Waals surface area contributed by atoms with E-state index in [-0.39, 0.29) is 17.1 Å². The van der Waals surface area contributed by atoms with Crippen molar-refractivity contribution in [1.29, 1.82) is 0 Å². The fraction of sp³-hybridized carbons (Fsp3) is 0.571. The molecule has 3 rings (SSSR count). The van der Waals surface area contributed by atoms with E-state index in [9.17, 15) is 4.79 Å². The minimum absolute atomic E-state index is 0.0317. The van der Waals surface area contributed by atoms with Crippen LogP contribution in [-0.4, -0.2) is 58.8 Å². The molecule has 0 unspecified atom stereocenters. The molecule has 0 radical (unpaired) electrons. The average Bonchev–Trinajstić information content (AvgIpc) is 2.97. The monoisotopic (exact) mass is 382 g/mol. The summed E-state index contributed by atoms with van der Waals surface area (Å²) in [7, 11) is 1.69. The summed E-state index contributed by atoms with van der Waals surface area (Å²) in [5, 5.41) is 10.4. The molecule has 0 spiro atoms. The second-order valence-electron chi connectivity index (χ2n) is 5.82. The molecule has 2 aromatic heterocycles. The normalized spacial score (nSPS) is 17.3. The van der Waals surface area contributed by atoms with E-state index in [4.69, 9.17) is 4.74 Å². The van der Waals surface area contributed by atoms with Crippen LogP contribution in [-0.2, 0) is 4.74 Å². The lowest BCUT2D eigenvalue weighted by Gasteiger charge is -2.37. The first-order valence-corrected chi connectivity index (χ1v) is 8.27. The van der Waals surface area contributed by atoms with Crippen LogP contribution in [0.4, 0.5) is 0 Å². The molecule has 2 N–H and O–H groups in total. The zero-order valence-electron chi connectivity index (χ0n) is 12.9. The quantitative estimate of drug-likeness (QED) is 0.787. The van der Waals surface area contributed by atoms with Crippen LogP contribution in [0.5, 0.6) is 0 Å². The fourth-order valence-electron chi connectivity index (χ4n) is 2.84. The van der Waals surface area contributed by atoms with Crippen LogP contribution < -0.4 is 10.6 Å². The van der Waals surface area contributed by atoms with Crippen LogP contribution in [0.25, 0.3) is 5.78 Å². The molecule has 1 aliphatic heterocycles. The standard InChI is InChI=1S/C14H19BrN6O2/c1-23-9-14(2-4-16-5-3-14)8-18-12(22)11-19-13-17-6-10(15)7-21(13)20-11/h6-7,16H,2-5,8-9H2,1H3,(H,18,22). The Bertz CT molecular complexity index is 692. The predicted molar refractivity (Wildman–Crippen MR) is 87.2 cm³/mol. The van der Waals surface area contributed by atoms with Gasteiger partial charge in [-0.2, -0.15) is 4.98 Å². The highest BCUT2D eigenvalue weighted by Crippen LogP contribution is 2.28. The molecule has 0 aliphatic carbocycles. The number of nitrogens with zero attached hydrogens (tertiary/aromatic N) is 4. The molecular formula is C14H19BrN6O2. The molecule has 8 nitrogen and oxygen atoms in total. The van der Waals surface area contributed by atoms with Gasteiger partial charge in [0.2, 0.25) is 5.82 Å². The second-order valence-corrected chi connectivity index (χ2v) is 6.73. The van der Waals surface area contributed by atoms with E-state index in [0.717, 1.165) is 30.4 Å². The molecule has 0 saturated carbocycles. The van der Waals surface area contributed by atoms with E-state index < -0.39 is 0 Å². The van der Waals surface area contributed by atoms with Crippen LogP contribution in [0, 0.1) is 5.41 Å². The van der Waals surface area contributed by atoms with Gasteiger partial charge >= 0.3 is 0 Å². The second kappa shape index (κ2) is 6.90. The molecule has 0 bridgehead atoms. The maximum atomic E-state index is 12.3. The van der Waals surface area contributed by atoms with Crippen molar-refractivity contribution in [1.82, 2.24) is 30.2 Å². The van der Waals surface area contributed by atoms with Gasteiger partial charge in [0.05, 0.1) is 11.1 Å². The van der Waals surface area contributed by atoms with Crippen LogP contribution in [0.1, 0.15) is 23.5 Å². The number of rotatable bonds is 5. The lowest BCUT2D eigenvalue weighted by molar-refractivity contribution is 0.0509. The third-order valence-corrected chi connectivity index (χ3v) is 4.51. The fourth-order valence-corrected chi connectivity index (χ4v) is 3.13. The van der Waals surface area contributed by atoms with Gasteiger partial charge in [-0.3, -0.25) is 4.79 Å². The van der Waals surface area contributed by atoms with Crippen molar-refractivity contribution in [3.05, 3.63) is 22.7 Å². The molecule has 1 fully saturated rings. The summed E-state index contributed by atoms with van der Waals surface area (Å²) in [5.41, 5.74) is -0.0317. The minimum Gasteiger partial charge on any atom is -0.384 e. The SMILES string of the molecule is COCC1(CNC(=O)c2nc3ncc(Br)cn3n2)CCNCC1. The molecule has 3 heterocycles. The number of methoxy groups -OCH3 is 1. The van der Waals surface area contributed by atoms with Gasteiger partial charge in [0, 0.05) is 31.5 Å². The van der Waals surface area contributed by atoms with Gasteiger partial charge in [-0.1, -0.05) is 0 Å². The van der Waals surface area contributed by atoms with Gasteiger partial charge in [0.1, 0.15) is 0 Å². The average molecular weight is 383 g/mol. The molecule has 1 aliphatic rings. The molecular weight excluding hydrogens is 364 g/mol. The Kier molecular flexibility index (Phi) is 4.88. The number of ether oxygens (including phenoxy) is 1. The first-order valence-electron chi connectivity index (χ1n) is 7.48. The molecule has 2 aromatic rings. The van der Waals surface area contributed by atoms with Gasteiger partial charge in [-0.15, -0.1) is 5.10 Å². The third-order valence-electron chi connectivity index (χ3n) is 4.10. The Morgan fingerprint density at radius 2 is 2.30 bits per heavy atom. The molecule has 9 heteroatoms. The maximum absolute atomic E-state index is 12.3. The van der Waals surface area contributed by atoms with E-state index in [0.29, 0.717) is 18.9 Å². The number of carbonyl (C=O) groups excluding carboxylic acids is 1. The maximum Gasteiger partial charge on any atom is 0.291 e. The number of hydrogen-bond acceptors (Lipinski definition) is 6. The van der Waals surface area contributed by atoms with E-state index in [1.807, 2.05) is 0 Å². The molecule has 1 saturated heterocycles. The van der Waals surface area contributed by atoms with Gasteiger partial charge in [-0.25, -0.2) is 9.50 Å². The summed E-state index contributed by atoms with van der Waals surface area (Å²) in [6.45, 7) is 3.05. The highest BCUT2D eigenvalue weighted by molar-refractivity contribution is 9.10. The Morgan fingerprint density at radius 1 is 1.52 bits per heavy atom. The number of fused-ring (bicyclic) bond motifs is 1. The smallest absolute Gasteiger partial charge is 0.291 e. The molecule has 1 amide bonds. The third kappa shape index (κ3) is 3.67. The van der Waals surface area contributed by atoms with Crippen molar-refractivity contribution in [2.24, 2.45) is 5.41 Å². The number of aromatic nitrogens is 4. The zero-order chi connectivity index (χ0) is 16.3. The summed E-state index contributed by atoms with van der Waals surface area (Å²) < 4.78 is 7.61. The number of nitrogens with one attached hydrogen (secondary N) is 2. The topological polar surface area (TPSA) is 93.4 Å². The van der Waals surface area contributed by atoms with E-state index in [1.165, 1.54) is 4.52 Å². The van der Waals surface area contributed by atoms with Crippen molar-refractivity contribution < 1.29 is 9.53 Å². The number of amides is 1. The number of hydrogen-bond donors (Lipinski definition) is 2. The summed E-state index contributed by atoms with van der Waals surface area (Å²) in [4.78, 5) is 20.6. The zero-order valence-corrected chi connectivity index (χ0v) is 14.5. The first-order chi connectivity index (χ1) is 11.1. The lowest BCUT2D eigenvalue weighted by atomic mass is 9.79. The van der Waals surface area contributed by atoms with Crippen LogP contribution in [0.15, 0.2) is 16.9 Å². The largest absolute Gasteiger partial charge is 0.384 e. The predicted octanol–water partition coefficient (Wildman–Crippen LogP) is 0.633. The van der Waals surface area contributed by atoms with Gasteiger partial charge in [0.15, 0.2) is 0 Å². The van der Waals surface area contributed by atoms with Crippen molar-refractivity contribution >= 4 is 27.6 Å². The highest BCUT2D eigenvalue weighted by atomic mass is 79.9. The van der Waals surface area contributed by atoms with Gasteiger partial charge in [-0.05, 0) is 41.9 Å². The van der Waals surface area contributed by atoms with Crippen LogP contribution in [0.2, 0.25) is 0 Å². The Labute approximate surface area is 142 Å². The Balaban J connectivity index is 1.69. The van der Waals surface area contributed by atoms with Crippen molar-refractivity contribution in [2.75, 3.05) is 33.4 Å². The van der Waals surface area contributed by atoms with Crippen molar-refractivity contribution in [2.45, 2.75) is 12.8 Å². The molecule has 23 heavy (non-hydrogen) atoms. The van der Waals surface area contributed by atoms with E-state index >= 15 is 0 Å². The van der Waals surface area contributed by atoms with Gasteiger partial charge in [0.25, 0.3) is 11.7 Å². The van der Waals surface area contributed by atoms with Crippen molar-refractivity contribution in [3.63, 3.8) is 0 Å². The van der Waals surface area contributed by atoms with E-state index in [1.54, 1.807) is 19.5 Å². The number of halogens is 1. The van der Waals surface area contributed by atoms with Crippen LogP contribution >= 0.6 is 15.9 Å². The summed E-state index contributed by atoms with van der Waals surface area (Å²) in [6.07, 6.45) is 5.27.